The van der Waals surface area contributed by atoms with Crippen molar-refractivity contribution in [3.63, 3.8) is 0 Å². The lowest BCUT2D eigenvalue weighted by Crippen LogP contribution is -2.55. The van der Waals surface area contributed by atoms with Gasteiger partial charge in [0.1, 0.15) is 12.4 Å². The molecule has 2 atom stereocenters. The van der Waals surface area contributed by atoms with Crippen molar-refractivity contribution in [2.75, 3.05) is 46.9 Å². The van der Waals surface area contributed by atoms with Crippen molar-refractivity contribution < 1.29 is 23.5 Å². The molecule has 0 aromatic heterocycles. The van der Waals surface area contributed by atoms with Gasteiger partial charge < -0.3 is 29.9 Å². The average molecular weight is 521 g/mol. The molecular weight excluding hydrogens is 475 g/mol. The molecule has 2 N–H and O–H groups in total. The minimum atomic E-state index is -0.510. The highest BCUT2D eigenvalue weighted by Crippen LogP contribution is 2.33. The number of halogens is 1. The number of likely N-dealkylation sites (N-methyl/N-ethyl adjacent to an activating group) is 1. The van der Waals surface area contributed by atoms with Crippen molar-refractivity contribution in [2.45, 2.75) is 82.9 Å². The number of alkyl carbamates (subject to hydrolysis) is 1. The molecule has 0 radical (unpaired) electrons. The first-order chi connectivity index (χ1) is 18.0. The second-order valence-electron chi connectivity index (χ2n) is 10.3. The van der Waals surface area contributed by atoms with Crippen LogP contribution in [0.1, 0.15) is 75.3 Å². The van der Waals surface area contributed by atoms with Gasteiger partial charge in [-0.15, -0.1) is 0 Å². The van der Waals surface area contributed by atoms with E-state index in [9.17, 15) is 9.59 Å². The standard InChI is InChI=1S/C28H45FN4O4/c1-21(18-30-2)33(24-12-6-4-5-7-13-24)28(35)32-15-9-11-22(19-32)26-23(10-8-14-25(26)29)20-36-16-17-37-27(34)31-3/h8,10,14,21-22,24,30H,4-7,9,11-13,15-20H2,1-3H3,(H,31,34). The van der Waals surface area contributed by atoms with Gasteiger partial charge in [-0.25, -0.2) is 14.0 Å². The molecule has 2 fully saturated rings. The van der Waals surface area contributed by atoms with E-state index in [2.05, 4.69) is 22.5 Å². The topological polar surface area (TPSA) is 83.1 Å². The van der Waals surface area contributed by atoms with Crippen molar-refractivity contribution in [2.24, 2.45) is 0 Å². The SMILES string of the molecule is CNCC(C)N(C(=O)N1CCCC(c2c(F)cccc2COCCOC(=O)NC)C1)C1CCCCCC1. The Morgan fingerprint density at radius 2 is 1.86 bits per heavy atom. The van der Waals surface area contributed by atoms with Crippen LogP contribution in [0.5, 0.6) is 0 Å². The van der Waals surface area contributed by atoms with Gasteiger partial charge in [-0.2, -0.15) is 0 Å². The molecule has 1 aliphatic carbocycles. The fourth-order valence-electron chi connectivity index (χ4n) is 5.80. The normalized spacial score (nSPS) is 19.7. The summed E-state index contributed by atoms with van der Waals surface area (Å²) in [5.41, 5.74) is 1.42. The highest BCUT2D eigenvalue weighted by Gasteiger charge is 2.35. The predicted octanol–water partition coefficient (Wildman–Crippen LogP) is 4.63. The maximum absolute atomic E-state index is 15.2. The zero-order valence-electron chi connectivity index (χ0n) is 22.8. The molecule has 0 spiro atoms. The minimum absolute atomic E-state index is 0.0832. The molecule has 1 aliphatic heterocycles. The van der Waals surface area contributed by atoms with E-state index >= 15 is 4.39 Å². The van der Waals surface area contributed by atoms with Crippen LogP contribution in [0.25, 0.3) is 0 Å². The lowest BCUT2D eigenvalue weighted by molar-refractivity contribution is 0.0645. The first-order valence-corrected chi connectivity index (χ1v) is 13.9. The molecule has 9 heteroatoms. The second-order valence-corrected chi connectivity index (χ2v) is 10.3. The summed E-state index contributed by atoms with van der Waals surface area (Å²) >= 11 is 0. The van der Waals surface area contributed by atoms with E-state index in [1.807, 2.05) is 18.0 Å². The number of nitrogens with zero attached hydrogens (tertiary/aromatic N) is 2. The van der Waals surface area contributed by atoms with Crippen LogP contribution in [-0.4, -0.2) is 81.0 Å². The Morgan fingerprint density at radius 3 is 2.57 bits per heavy atom. The fourth-order valence-corrected chi connectivity index (χ4v) is 5.80. The molecule has 1 heterocycles. The molecule has 1 saturated carbocycles. The van der Waals surface area contributed by atoms with Crippen LogP contribution in [0.4, 0.5) is 14.0 Å². The third kappa shape index (κ3) is 8.30. The van der Waals surface area contributed by atoms with Gasteiger partial charge >= 0.3 is 12.1 Å². The minimum Gasteiger partial charge on any atom is -0.447 e. The number of urea groups is 1. The van der Waals surface area contributed by atoms with Crippen molar-refractivity contribution in [3.8, 4) is 0 Å². The van der Waals surface area contributed by atoms with E-state index in [4.69, 9.17) is 9.47 Å². The average Bonchev–Trinajstić information content (AvgIpc) is 3.18. The van der Waals surface area contributed by atoms with E-state index in [1.165, 1.54) is 26.0 Å². The summed E-state index contributed by atoms with van der Waals surface area (Å²) < 4.78 is 25.8. The van der Waals surface area contributed by atoms with Crippen LogP contribution >= 0.6 is 0 Å². The number of carbonyl (C=O) groups is 2. The molecule has 8 nitrogen and oxygen atoms in total. The van der Waals surface area contributed by atoms with E-state index in [0.29, 0.717) is 18.7 Å². The molecule has 0 bridgehead atoms. The third-order valence-electron chi connectivity index (χ3n) is 7.58. The summed E-state index contributed by atoms with van der Waals surface area (Å²) in [6.07, 6.45) is 8.05. The van der Waals surface area contributed by atoms with Gasteiger partial charge in [0.05, 0.1) is 13.2 Å². The first-order valence-electron chi connectivity index (χ1n) is 13.9. The monoisotopic (exact) mass is 520 g/mol. The maximum Gasteiger partial charge on any atom is 0.406 e. The fraction of sp³-hybridized carbons (Fsp3) is 0.714. The molecule has 3 amide bonds. The summed E-state index contributed by atoms with van der Waals surface area (Å²) in [5.74, 6) is -0.346. The summed E-state index contributed by atoms with van der Waals surface area (Å²) in [4.78, 5) is 29.2. The van der Waals surface area contributed by atoms with Crippen LogP contribution < -0.4 is 10.6 Å². The number of nitrogens with one attached hydrogen (secondary N) is 2. The quantitative estimate of drug-likeness (QED) is 0.347. The van der Waals surface area contributed by atoms with Crippen molar-refractivity contribution in [1.29, 1.82) is 0 Å². The molecule has 2 aliphatic rings. The van der Waals surface area contributed by atoms with Crippen molar-refractivity contribution in [1.82, 2.24) is 20.4 Å². The number of carbonyl (C=O) groups excluding carboxylic acids is 2. The molecule has 1 saturated heterocycles. The lowest BCUT2D eigenvalue weighted by Gasteiger charge is -2.42. The Balaban J connectivity index is 1.70. The highest BCUT2D eigenvalue weighted by molar-refractivity contribution is 5.75. The number of rotatable bonds is 10. The Kier molecular flexibility index (Phi) is 11.9. The number of amides is 3. The number of benzene rings is 1. The third-order valence-corrected chi connectivity index (χ3v) is 7.58. The van der Waals surface area contributed by atoms with E-state index in [1.54, 1.807) is 6.07 Å². The molecule has 3 rings (SSSR count). The van der Waals surface area contributed by atoms with Gasteiger partial charge in [0.2, 0.25) is 0 Å². The Morgan fingerprint density at radius 1 is 1.11 bits per heavy atom. The smallest absolute Gasteiger partial charge is 0.406 e. The van der Waals surface area contributed by atoms with E-state index in [-0.39, 0.29) is 49.7 Å². The van der Waals surface area contributed by atoms with Gasteiger partial charge in [-0.3, -0.25) is 0 Å². The Labute approximate surface area is 221 Å². The number of piperidine rings is 1. The summed E-state index contributed by atoms with van der Waals surface area (Å²) in [7, 11) is 3.42. The van der Waals surface area contributed by atoms with Gasteiger partial charge in [-0.05, 0) is 56.8 Å². The molecule has 208 valence electrons. The molecule has 2 unspecified atom stereocenters. The van der Waals surface area contributed by atoms with Crippen molar-refractivity contribution >= 4 is 12.1 Å². The molecule has 37 heavy (non-hydrogen) atoms. The van der Waals surface area contributed by atoms with Crippen LogP contribution in [0.2, 0.25) is 0 Å². The van der Waals surface area contributed by atoms with Crippen LogP contribution in [-0.2, 0) is 16.1 Å². The first kappa shape index (κ1) is 29.2. The number of hydrogen-bond donors (Lipinski definition) is 2. The molecule has 1 aromatic rings. The highest BCUT2D eigenvalue weighted by atomic mass is 19.1. The van der Waals surface area contributed by atoms with Gasteiger partial charge in [0.15, 0.2) is 0 Å². The predicted molar refractivity (Wildman–Crippen MR) is 142 cm³/mol. The molecule has 1 aromatic carbocycles. The van der Waals surface area contributed by atoms with E-state index < -0.39 is 6.09 Å². The summed E-state index contributed by atoms with van der Waals surface area (Å²) in [5, 5.41) is 5.63. The van der Waals surface area contributed by atoms with Crippen LogP contribution in [0, 0.1) is 5.82 Å². The summed E-state index contributed by atoms with van der Waals surface area (Å²) in [6, 6.07) is 5.49. The number of hydrogen-bond acceptors (Lipinski definition) is 5. The van der Waals surface area contributed by atoms with Gasteiger partial charge in [0, 0.05) is 44.7 Å². The maximum atomic E-state index is 15.2. The van der Waals surface area contributed by atoms with Gasteiger partial charge in [-0.1, -0.05) is 37.8 Å². The van der Waals surface area contributed by atoms with Crippen molar-refractivity contribution in [3.05, 3.63) is 35.1 Å². The summed E-state index contributed by atoms with van der Waals surface area (Å²) in [6.45, 7) is 4.64. The lowest BCUT2D eigenvalue weighted by atomic mass is 9.87. The number of likely N-dealkylation sites (tertiary alicyclic amines) is 1. The Hall–Kier alpha value is -2.39. The second kappa shape index (κ2) is 15.1. The van der Waals surface area contributed by atoms with E-state index in [0.717, 1.165) is 50.6 Å². The Bertz CT molecular complexity index is 863. The zero-order chi connectivity index (χ0) is 26.6. The van der Waals surface area contributed by atoms with Crippen LogP contribution in [0.15, 0.2) is 18.2 Å². The van der Waals surface area contributed by atoms with Crippen LogP contribution in [0.3, 0.4) is 0 Å². The molecular formula is C28H45FN4O4. The zero-order valence-corrected chi connectivity index (χ0v) is 22.8. The number of ether oxygens (including phenoxy) is 2. The van der Waals surface area contributed by atoms with Gasteiger partial charge in [0.25, 0.3) is 0 Å². The largest absolute Gasteiger partial charge is 0.447 e.